The van der Waals surface area contributed by atoms with Crippen LogP contribution in [0.5, 0.6) is 5.75 Å². The van der Waals surface area contributed by atoms with Crippen molar-refractivity contribution in [3.8, 4) is 5.75 Å². The average molecular weight is 341 g/mol. The molecule has 132 valence electrons. The summed E-state index contributed by atoms with van der Waals surface area (Å²) in [4.78, 5) is 14.5. The molecule has 2 aliphatic heterocycles. The fourth-order valence-corrected chi connectivity index (χ4v) is 3.15. The van der Waals surface area contributed by atoms with Crippen LogP contribution in [-0.4, -0.2) is 49.0 Å². The second kappa shape index (κ2) is 7.44. The summed E-state index contributed by atoms with van der Waals surface area (Å²) in [6.07, 6.45) is 1.53. The summed E-state index contributed by atoms with van der Waals surface area (Å²) in [5.74, 6) is -2.04. The van der Waals surface area contributed by atoms with E-state index < -0.39 is 24.0 Å². The van der Waals surface area contributed by atoms with Crippen molar-refractivity contribution in [2.24, 2.45) is 0 Å². The molecule has 2 atom stereocenters. The number of carbonyl (C=O) groups excluding carboxylic acids is 1. The molecule has 0 saturated carbocycles. The molecule has 7 heteroatoms. The van der Waals surface area contributed by atoms with Crippen LogP contribution in [0.4, 0.5) is 8.78 Å². The molecule has 0 spiro atoms. The third kappa shape index (κ3) is 3.67. The van der Waals surface area contributed by atoms with Crippen molar-refractivity contribution in [3.63, 3.8) is 0 Å². The Bertz CT molecular complexity index is 592. The maximum Gasteiger partial charge on any atom is 0.263 e. The summed E-state index contributed by atoms with van der Waals surface area (Å²) >= 11 is 0. The van der Waals surface area contributed by atoms with Gasteiger partial charge in [-0.1, -0.05) is 0 Å². The number of piperidine rings is 1. The molecule has 2 unspecified atom stereocenters. The summed E-state index contributed by atoms with van der Waals surface area (Å²) in [7, 11) is 0. The van der Waals surface area contributed by atoms with Crippen molar-refractivity contribution < 1.29 is 27.8 Å². The minimum Gasteiger partial charge on any atom is -0.481 e. The van der Waals surface area contributed by atoms with Crippen molar-refractivity contribution in [3.05, 3.63) is 29.8 Å². The maximum absolute atomic E-state index is 13.3. The first-order chi connectivity index (χ1) is 11.6. The van der Waals surface area contributed by atoms with E-state index in [1.807, 2.05) is 0 Å². The molecule has 1 amide bonds. The predicted octanol–water partition coefficient (Wildman–Crippen LogP) is 2.49. The van der Waals surface area contributed by atoms with Crippen LogP contribution in [0.15, 0.2) is 18.2 Å². The smallest absolute Gasteiger partial charge is 0.263 e. The lowest BCUT2D eigenvalue weighted by atomic mass is 10.0. The zero-order chi connectivity index (χ0) is 17.1. The zero-order valence-electron chi connectivity index (χ0n) is 13.5. The van der Waals surface area contributed by atoms with E-state index in [-0.39, 0.29) is 17.7 Å². The highest BCUT2D eigenvalue weighted by atomic mass is 19.2. The van der Waals surface area contributed by atoms with E-state index >= 15 is 0 Å². The molecule has 1 aromatic carbocycles. The Kier molecular flexibility index (Phi) is 5.30. The van der Waals surface area contributed by atoms with Crippen LogP contribution in [-0.2, 0) is 14.3 Å². The molecule has 0 aromatic heterocycles. The highest BCUT2D eigenvalue weighted by Crippen LogP contribution is 2.26. The van der Waals surface area contributed by atoms with Gasteiger partial charge in [0, 0.05) is 12.6 Å². The molecule has 0 radical (unpaired) electrons. The second-order valence-corrected chi connectivity index (χ2v) is 6.04. The van der Waals surface area contributed by atoms with Gasteiger partial charge in [-0.15, -0.1) is 0 Å². The molecule has 3 rings (SSSR count). The Morgan fingerprint density at radius 1 is 1.25 bits per heavy atom. The van der Waals surface area contributed by atoms with Crippen molar-refractivity contribution in [1.82, 2.24) is 4.90 Å². The van der Waals surface area contributed by atoms with Gasteiger partial charge >= 0.3 is 0 Å². The summed E-state index contributed by atoms with van der Waals surface area (Å²) in [5.41, 5.74) is 0. The average Bonchev–Trinajstić information content (AvgIpc) is 3.12. The van der Waals surface area contributed by atoms with E-state index in [1.165, 1.54) is 6.07 Å². The van der Waals surface area contributed by atoms with Crippen LogP contribution in [0, 0.1) is 11.6 Å². The lowest BCUT2D eigenvalue weighted by Crippen LogP contribution is -2.53. The van der Waals surface area contributed by atoms with Gasteiger partial charge in [0.25, 0.3) is 5.91 Å². The van der Waals surface area contributed by atoms with Crippen LogP contribution >= 0.6 is 0 Å². The number of likely N-dealkylation sites (tertiary alicyclic amines) is 1. The standard InChI is InChI=1S/C17H21F2NO4/c1-11(24-12-5-6-13(18)14(19)10-12)16(21)20-7-3-2-4-15(20)17-22-8-9-23-17/h5-6,10-11,15,17H,2-4,7-9H2,1H3. The van der Waals surface area contributed by atoms with E-state index in [1.54, 1.807) is 11.8 Å². The summed E-state index contributed by atoms with van der Waals surface area (Å²) < 4.78 is 42.8. The van der Waals surface area contributed by atoms with Crippen molar-refractivity contribution in [2.45, 2.75) is 44.6 Å². The fourth-order valence-electron chi connectivity index (χ4n) is 3.15. The fraction of sp³-hybridized carbons (Fsp3) is 0.588. The van der Waals surface area contributed by atoms with Gasteiger partial charge in [-0.2, -0.15) is 0 Å². The third-order valence-corrected chi connectivity index (χ3v) is 4.35. The molecular weight excluding hydrogens is 320 g/mol. The summed E-state index contributed by atoms with van der Waals surface area (Å²) in [6.45, 7) is 3.28. The predicted molar refractivity (Wildman–Crippen MR) is 81.5 cm³/mol. The molecule has 2 fully saturated rings. The van der Waals surface area contributed by atoms with Crippen LogP contribution in [0.3, 0.4) is 0 Å². The van der Waals surface area contributed by atoms with Crippen molar-refractivity contribution in [1.29, 1.82) is 0 Å². The molecule has 0 N–H and O–H groups in total. The lowest BCUT2D eigenvalue weighted by Gasteiger charge is -2.39. The number of rotatable bonds is 4. The monoisotopic (exact) mass is 341 g/mol. The van der Waals surface area contributed by atoms with E-state index in [4.69, 9.17) is 14.2 Å². The van der Waals surface area contributed by atoms with Gasteiger partial charge in [0.1, 0.15) is 5.75 Å². The van der Waals surface area contributed by atoms with Gasteiger partial charge in [0.15, 0.2) is 24.0 Å². The molecule has 5 nitrogen and oxygen atoms in total. The topological polar surface area (TPSA) is 48.0 Å². The Hall–Kier alpha value is -1.73. The van der Waals surface area contributed by atoms with Crippen LogP contribution in [0.2, 0.25) is 0 Å². The number of amides is 1. The first-order valence-corrected chi connectivity index (χ1v) is 8.21. The Balaban J connectivity index is 1.67. The second-order valence-electron chi connectivity index (χ2n) is 6.04. The largest absolute Gasteiger partial charge is 0.481 e. The molecule has 0 aliphatic carbocycles. The molecule has 2 saturated heterocycles. The minimum atomic E-state index is -1.00. The molecular formula is C17H21F2NO4. The molecule has 2 heterocycles. The van der Waals surface area contributed by atoms with Gasteiger partial charge in [0.2, 0.25) is 0 Å². The Morgan fingerprint density at radius 2 is 2.00 bits per heavy atom. The number of hydrogen-bond donors (Lipinski definition) is 0. The van der Waals surface area contributed by atoms with Gasteiger partial charge in [-0.3, -0.25) is 4.79 Å². The zero-order valence-corrected chi connectivity index (χ0v) is 13.5. The summed E-state index contributed by atoms with van der Waals surface area (Å²) in [6, 6.07) is 3.09. The van der Waals surface area contributed by atoms with E-state index in [2.05, 4.69) is 0 Å². The number of hydrogen-bond acceptors (Lipinski definition) is 4. The Morgan fingerprint density at radius 3 is 2.71 bits per heavy atom. The van der Waals surface area contributed by atoms with Crippen molar-refractivity contribution >= 4 is 5.91 Å². The molecule has 24 heavy (non-hydrogen) atoms. The molecule has 2 aliphatic rings. The molecule has 1 aromatic rings. The maximum atomic E-state index is 13.3. The van der Waals surface area contributed by atoms with Crippen molar-refractivity contribution in [2.75, 3.05) is 19.8 Å². The SMILES string of the molecule is CC(Oc1ccc(F)c(F)c1)C(=O)N1CCCCC1C1OCCO1. The van der Waals surface area contributed by atoms with Gasteiger partial charge in [-0.25, -0.2) is 8.78 Å². The van der Waals surface area contributed by atoms with Gasteiger partial charge in [0.05, 0.1) is 19.3 Å². The summed E-state index contributed by atoms with van der Waals surface area (Å²) in [5, 5.41) is 0. The number of nitrogens with zero attached hydrogens (tertiary/aromatic N) is 1. The highest BCUT2D eigenvalue weighted by Gasteiger charge is 2.38. The normalized spacial score (nSPS) is 23.3. The van der Waals surface area contributed by atoms with E-state index in [0.717, 1.165) is 31.4 Å². The Labute approximate surface area is 139 Å². The quantitative estimate of drug-likeness (QED) is 0.844. The van der Waals surface area contributed by atoms with E-state index in [9.17, 15) is 13.6 Å². The van der Waals surface area contributed by atoms with Crippen LogP contribution < -0.4 is 4.74 Å². The van der Waals surface area contributed by atoms with E-state index in [0.29, 0.717) is 19.8 Å². The first-order valence-electron chi connectivity index (χ1n) is 8.21. The van der Waals surface area contributed by atoms with Crippen LogP contribution in [0.25, 0.3) is 0 Å². The third-order valence-electron chi connectivity index (χ3n) is 4.35. The number of benzene rings is 1. The van der Waals surface area contributed by atoms with Gasteiger partial charge in [-0.05, 0) is 38.3 Å². The molecule has 0 bridgehead atoms. The van der Waals surface area contributed by atoms with Gasteiger partial charge < -0.3 is 19.1 Å². The number of carbonyl (C=O) groups is 1. The lowest BCUT2D eigenvalue weighted by molar-refractivity contribution is -0.156. The number of halogens is 2. The first kappa shape index (κ1) is 17.1. The number of ether oxygens (including phenoxy) is 3. The van der Waals surface area contributed by atoms with Crippen LogP contribution in [0.1, 0.15) is 26.2 Å². The minimum absolute atomic E-state index is 0.122. The highest BCUT2D eigenvalue weighted by molar-refractivity contribution is 5.81.